The third kappa shape index (κ3) is 3.77. The lowest BCUT2D eigenvalue weighted by atomic mass is 10.2. The minimum absolute atomic E-state index is 0.461. The van der Waals surface area contributed by atoms with Crippen molar-refractivity contribution in [3.63, 3.8) is 0 Å². The Labute approximate surface area is 133 Å². The van der Waals surface area contributed by atoms with Crippen LogP contribution in [0.4, 0.5) is 0 Å². The first-order valence-electron chi connectivity index (χ1n) is 6.91. The van der Waals surface area contributed by atoms with Gasteiger partial charge in [0.05, 0.1) is 6.21 Å². The molecule has 0 bridgehead atoms. The Balaban J connectivity index is 1.59. The van der Waals surface area contributed by atoms with E-state index in [0.717, 1.165) is 22.2 Å². The van der Waals surface area contributed by atoms with E-state index < -0.39 is 0 Å². The topological polar surface area (TPSA) is 66.5 Å². The summed E-state index contributed by atoms with van der Waals surface area (Å²) in [4.78, 5) is 3.16. The number of amidine groups is 1. The molecule has 110 valence electrons. The van der Waals surface area contributed by atoms with Gasteiger partial charge >= 0.3 is 0 Å². The lowest BCUT2D eigenvalue weighted by molar-refractivity contribution is 1.25. The average molecular weight is 308 g/mol. The number of benzene rings is 2. The second-order valence-corrected chi connectivity index (χ2v) is 5.78. The zero-order chi connectivity index (χ0) is 15.2. The van der Waals surface area contributed by atoms with E-state index in [1.807, 2.05) is 42.6 Å². The number of H-pyrrole nitrogens is 1. The molecule has 0 radical (unpaired) electrons. The summed E-state index contributed by atoms with van der Waals surface area (Å²) in [6.07, 6.45) is 3.63. The van der Waals surface area contributed by atoms with Crippen LogP contribution in [0.5, 0.6) is 0 Å². The maximum Gasteiger partial charge on any atom is 0.180 e. The number of hydrogen-bond donors (Lipinski definition) is 2. The summed E-state index contributed by atoms with van der Waals surface area (Å²) < 4.78 is 0. The first-order chi connectivity index (χ1) is 10.8. The third-order valence-electron chi connectivity index (χ3n) is 3.17. The standard InChI is InChI=1S/C17H16N4S/c18-17(22-12-13-4-2-1-3-5-13)21-20-11-14-6-7-16-15(10-14)8-9-19-16/h1-11,19H,12H2,(H2,18,21). The van der Waals surface area contributed by atoms with Gasteiger partial charge in [0, 0.05) is 17.5 Å². The van der Waals surface area contributed by atoms with Gasteiger partial charge in [-0.1, -0.05) is 48.2 Å². The molecule has 0 saturated carbocycles. The summed E-state index contributed by atoms with van der Waals surface area (Å²) >= 11 is 1.48. The number of thioether (sulfide) groups is 1. The highest BCUT2D eigenvalue weighted by molar-refractivity contribution is 8.13. The van der Waals surface area contributed by atoms with Crippen LogP contribution in [0.15, 0.2) is 71.0 Å². The molecule has 0 unspecified atom stereocenters. The van der Waals surface area contributed by atoms with Crippen molar-refractivity contribution < 1.29 is 0 Å². The van der Waals surface area contributed by atoms with Crippen molar-refractivity contribution in [2.24, 2.45) is 15.9 Å². The maximum atomic E-state index is 5.85. The van der Waals surface area contributed by atoms with E-state index in [-0.39, 0.29) is 0 Å². The number of nitrogens with one attached hydrogen (secondary N) is 1. The molecule has 1 heterocycles. The molecule has 2 aromatic carbocycles. The van der Waals surface area contributed by atoms with Crippen LogP contribution in [0.25, 0.3) is 10.9 Å². The molecule has 1 aromatic heterocycles. The van der Waals surface area contributed by atoms with Crippen LogP contribution in [0.2, 0.25) is 0 Å². The number of nitrogens with zero attached hydrogens (tertiary/aromatic N) is 2. The van der Waals surface area contributed by atoms with Gasteiger partial charge in [-0.2, -0.15) is 5.10 Å². The van der Waals surface area contributed by atoms with Gasteiger partial charge in [0.25, 0.3) is 0 Å². The summed E-state index contributed by atoms with van der Waals surface area (Å²) in [6, 6.07) is 18.2. The van der Waals surface area contributed by atoms with Gasteiger partial charge in [-0.25, -0.2) is 0 Å². The zero-order valence-electron chi connectivity index (χ0n) is 11.9. The molecule has 0 aliphatic heterocycles. The van der Waals surface area contributed by atoms with Gasteiger partial charge in [-0.3, -0.25) is 0 Å². The van der Waals surface area contributed by atoms with Crippen molar-refractivity contribution in [3.8, 4) is 0 Å². The van der Waals surface area contributed by atoms with Crippen molar-refractivity contribution in [2.45, 2.75) is 5.75 Å². The Morgan fingerprint density at radius 3 is 2.86 bits per heavy atom. The molecular formula is C17H16N4S. The molecule has 0 fully saturated rings. The van der Waals surface area contributed by atoms with Crippen molar-refractivity contribution >= 4 is 34.0 Å². The Morgan fingerprint density at radius 2 is 2.00 bits per heavy atom. The van der Waals surface area contributed by atoms with E-state index in [1.165, 1.54) is 17.3 Å². The van der Waals surface area contributed by atoms with Gasteiger partial charge in [-0.15, -0.1) is 5.10 Å². The Morgan fingerprint density at radius 1 is 1.14 bits per heavy atom. The zero-order valence-corrected chi connectivity index (χ0v) is 12.8. The Bertz CT molecular complexity index is 806. The molecule has 0 spiro atoms. The van der Waals surface area contributed by atoms with Crippen molar-refractivity contribution in [1.82, 2.24) is 4.98 Å². The van der Waals surface area contributed by atoms with Gasteiger partial charge in [-0.05, 0) is 34.7 Å². The summed E-state index contributed by atoms with van der Waals surface area (Å²) in [5.41, 5.74) is 9.18. The maximum absolute atomic E-state index is 5.85. The molecule has 0 amide bonds. The first-order valence-corrected chi connectivity index (χ1v) is 7.90. The number of fused-ring (bicyclic) bond motifs is 1. The minimum Gasteiger partial charge on any atom is -0.377 e. The third-order valence-corrected chi connectivity index (χ3v) is 4.03. The highest BCUT2D eigenvalue weighted by atomic mass is 32.2. The minimum atomic E-state index is 0.461. The molecule has 3 aromatic rings. The predicted molar refractivity (Wildman–Crippen MR) is 95.3 cm³/mol. The van der Waals surface area contributed by atoms with Crippen molar-refractivity contribution in [3.05, 3.63) is 71.9 Å². The highest BCUT2D eigenvalue weighted by Crippen LogP contribution is 2.13. The van der Waals surface area contributed by atoms with Crippen LogP contribution in [0, 0.1) is 0 Å². The predicted octanol–water partition coefficient (Wildman–Crippen LogP) is 3.75. The summed E-state index contributed by atoms with van der Waals surface area (Å²) in [5.74, 6) is 0.793. The quantitative estimate of drug-likeness (QED) is 0.438. The van der Waals surface area contributed by atoms with Gasteiger partial charge < -0.3 is 10.7 Å². The molecule has 3 rings (SSSR count). The normalized spacial score (nSPS) is 12.3. The van der Waals surface area contributed by atoms with E-state index in [2.05, 4.69) is 33.4 Å². The van der Waals surface area contributed by atoms with Crippen LogP contribution in [-0.4, -0.2) is 16.4 Å². The Kier molecular flexibility index (Phi) is 4.56. The molecule has 22 heavy (non-hydrogen) atoms. The summed E-state index contributed by atoms with van der Waals surface area (Å²) in [7, 11) is 0. The monoisotopic (exact) mass is 308 g/mol. The second kappa shape index (κ2) is 6.95. The van der Waals surface area contributed by atoms with Crippen molar-refractivity contribution in [2.75, 3.05) is 0 Å². The number of rotatable bonds is 4. The Hall–Kier alpha value is -2.53. The summed E-state index contributed by atoms with van der Waals surface area (Å²) in [6.45, 7) is 0. The molecule has 5 heteroatoms. The molecule has 0 saturated heterocycles. The van der Waals surface area contributed by atoms with Crippen LogP contribution in [0.3, 0.4) is 0 Å². The number of nitrogens with two attached hydrogens (primary N) is 1. The number of aromatic nitrogens is 1. The molecular weight excluding hydrogens is 292 g/mol. The summed E-state index contributed by atoms with van der Waals surface area (Å²) in [5, 5.41) is 9.69. The van der Waals surface area contributed by atoms with Gasteiger partial charge in [0.1, 0.15) is 0 Å². The fraction of sp³-hybridized carbons (Fsp3) is 0.0588. The molecule has 4 nitrogen and oxygen atoms in total. The number of hydrogen-bond acceptors (Lipinski definition) is 3. The van der Waals surface area contributed by atoms with Gasteiger partial charge in [0.2, 0.25) is 0 Å². The van der Waals surface area contributed by atoms with Crippen LogP contribution < -0.4 is 5.73 Å². The van der Waals surface area contributed by atoms with E-state index in [9.17, 15) is 0 Å². The average Bonchev–Trinajstić information content (AvgIpc) is 3.02. The van der Waals surface area contributed by atoms with Gasteiger partial charge in [0.15, 0.2) is 5.17 Å². The number of aromatic amines is 1. The lowest BCUT2D eigenvalue weighted by Crippen LogP contribution is -2.05. The molecule has 0 aliphatic rings. The largest absolute Gasteiger partial charge is 0.377 e. The second-order valence-electron chi connectivity index (χ2n) is 4.78. The van der Waals surface area contributed by atoms with E-state index in [0.29, 0.717) is 5.17 Å². The fourth-order valence-electron chi connectivity index (χ4n) is 2.06. The molecule has 3 N–H and O–H groups in total. The molecule has 0 atom stereocenters. The van der Waals surface area contributed by atoms with Crippen LogP contribution in [0.1, 0.15) is 11.1 Å². The van der Waals surface area contributed by atoms with Crippen LogP contribution >= 0.6 is 11.8 Å². The van der Waals surface area contributed by atoms with E-state index in [4.69, 9.17) is 5.73 Å². The van der Waals surface area contributed by atoms with Crippen molar-refractivity contribution in [1.29, 1.82) is 0 Å². The van der Waals surface area contributed by atoms with Crippen LogP contribution in [-0.2, 0) is 5.75 Å². The fourth-order valence-corrected chi connectivity index (χ4v) is 2.68. The lowest BCUT2D eigenvalue weighted by Gasteiger charge is -1.99. The SMILES string of the molecule is NC(=NN=Cc1ccc2[nH]ccc2c1)SCc1ccccc1. The molecule has 0 aliphatic carbocycles. The van der Waals surface area contributed by atoms with E-state index in [1.54, 1.807) is 6.21 Å². The van der Waals surface area contributed by atoms with E-state index >= 15 is 0 Å². The smallest absolute Gasteiger partial charge is 0.180 e. The highest BCUT2D eigenvalue weighted by Gasteiger charge is 1.97. The first kappa shape index (κ1) is 14.4.